The number of benzene rings is 2. The van der Waals surface area contributed by atoms with Gasteiger partial charge in [0.25, 0.3) is 0 Å². The van der Waals surface area contributed by atoms with Crippen molar-refractivity contribution in [2.75, 3.05) is 21.2 Å². The Labute approximate surface area is 154 Å². The summed E-state index contributed by atoms with van der Waals surface area (Å²) in [5, 5.41) is -0.0716. The standard InChI is InChI=1S/C18H18ClF3N2O2/c1-11-5-17(16(25-4)9-15(11)23-10-24(2)3)26-14-7-12(18(20,21)22)6-13(19)8-14/h5-10H,1-4H3. The summed E-state index contributed by atoms with van der Waals surface area (Å²) in [5.74, 6) is 0.575. The third-order valence-electron chi connectivity index (χ3n) is 3.34. The normalized spacial score (nSPS) is 11.7. The van der Waals surface area contributed by atoms with Crippen LogP contribution in [0.3, 0.4) is 0 Å². The Morgan fingerprint density at radius 3 is 2.35 bits per heavy atom. The maximum Gasteiger partial charge on any atom is 0.416 e. The fourth-order valence-corrected chi connectivity index (χ4v) is 2.34. The van der Waals surface area contributed by atoms with Crippen molar-refractivity contribution in [1.82, 2.24) is 4.90 Å². The van der Waals surface area contributed by atoms with Crippen molar-refractivity contribution in [3.63, 3.8) is 0 Å². The number of nitrogens with zero attached hydrogens (tertiary/aromatic N) is 2. The molecule has 0 saturated carbocycles. The Morgan fingerprint density at radius 1 is 1.08 bits per heavy atom. The van der Waals surface area contributed by atoms with Crippen molar-refractivity contribution in [1.29, 1.82) is 0 Å². The summed E-state index contributed by atoms with van der Waals surface area (Å²) in [5.41, 5.74) is 0.546. The van der Waals surface area contributed by atoms with Crippen molar-refractivity contribution >= 4 is 23.6 Å². The molecule has 0 aliphatic heterocycles. The van der Waals surface area contributed by atoms with Crippen LogP contribution in [0.1, 0.15) is 11.1 Å². The maximum atomic E-state index is 12.9. The van der Waals surface area contributed by atoms with Gasteiger partial charge in [-0.15, -0.1) is 0 Å². The number of aryl methyl sites for hydroxylation is 1. The molecule has 0 amide bonds. The van der Waals surface area contributed by atoms with E-state index < -0.39 is 11.7 Å². The molecule has 4 nitrogen and oxygen atoms in total. The van der Waals surface area contributed by atoms with Gasteiger partial charge in [-0.3, -0.25) is 0 Å². The lowest BCUT2D eigenvalue weighted by Crippen LogP contribution is -2.07. The fourth-order valence-electron chi connectivity index (χ4n) is 2.12. The molecule has 0 aliphatic carbocycles. The highest BCUT2D eigenvalue weighted by Crippen LogP contribution is 2.40. The van der Waals surface area contributed by atoms with Gasteiger partial charge in [0, 0.05) is 25.2 Å². The predicted molar refractivity (Wildman–Crippen MR) is 96.1 cm³/mol. The number of halogens is 4. The van der Waals surface area contributed by atoms with Gasteiger partial charge in [-0.25, -0.2) is 4.99 Å². The zero-order valence-corrected chi connectivity index (χ0v) is 15.4. The van der Waals surface area contributed by atoms with Gasteiger partial charge in [0.05, 0.1) is 24.7 Å². The molecular formula is C18H18ClF3N2O2. The van der Waals surface area contributed by atoms with E-state index in [0.717, 1.165) is 17.7 Å². The second kappa shape index (κ2) is 7.86. The molecule has 140 valence electrons. The molecule has 8 heteroatoms. The van der Waals surface area contributed by atoms with Crippen LogP contribution in [-0.2, 0) is 6.18 Å². The highest BCUT2D eigenvalue weighted by atomic mass is 35.5. The highest BCUT2D eigenvalue weighted by Gasteiger charge is 2.31. The molecular weight excluding hydrogens is 369 g/mol. The summed E-state index contributed by atoms with van der Waals surface area (Å²) in [6.45, 7) is 1.81. The first-order chi connectivity index (χ1) is 12.1. The largest absolute Gasteiger partial charge is 0.493 e. The van der Waals surface area contributed by atoms with E-state index >= 15 is 0 Å². The molecule has 0 unspecified atom stereocenters. The van der Waals surface area contributed by atoms with Crippen molar-refractivity contribution < 1.29 is 22.6 Å². The van der Waals surface area contributed by atoms with Gasteiger partial charge in [0.2, 0.25) is 0 Å². The second-order valence-electron chi connectivity index (χ2n) is 5.77. The summed E-state index contributed by atoms with van der Waals surface area (Å²) in [6, 6.07) is 6.34. The van der Waals surface area contributed by atoms with E-state index in [1.807, 2.05) is 21.0 Å². The van der Waals surface area contributed by atoms with E-state index in [9.17, 15) is 13.2 Å². The average molecular weight is 387 g/mol. The van der Waals surface area contributed by atoms with E-state index in [1.54, 1.807) is 23.4 Å². The zero-order chi connectivity index (χ0) is 19.5. The summed E-state index contributed by atoms with van der Waals surface area (Å²) < 4.78 is 49.7. The highest BCUT2D eigenvalue weighted by molar-refractivity contribution is 6.30. The minimum absolute atomic E-state index is 0.0351. The van der Waals surface area contributed by atoms with E-state index in [4.69, 9.17) is 21.1 Å². The molecule has 0 aromatic heterocycles. The maximum absolute atomic E-state index is 12.9. The summed E-state index contributed by atoms with van der Waals surface area (Å²) >= 11 is 5.79. The smallest absolute Gasteiger partial charge is 0.416 e. The van der Waals surface area contributed by atoms with Gasteiger partial charge in [0.1, 0.15) is 5.75 Å². The van der Waals surface area contributed by atoms with Crippen molar-refractivity contribution in [3.8, 4) is 17.2 Å². The molecule has 0 saturated heterocycles. The van der Waals surface area contributed by atoms with Gasteiger partial charge in [-0.05, 0) is 36.8 Å². The first-order valence-electron chi connectivity index (χ1n) is 7.55. The zero-order valence-electron chi connectivity index (χ0n) is 14.7. The molecule has 0 spiro atoms. The number of hydrogen-bond donors (Lipinski definition) is 0. The van der Waals surface area contributed by atoms with Gasteiger partial charge < -0.3 is 14.4 Å². The third kappa shape index (κ3) is 5.05. The van der Waals surface area contributed by atoms with Crippen LogP contribution in [0.4, 0.5) is 18.9 Å². The summed E-state index contributed by atoms with van der Waals surface area (Å²) in [6.07, 6.45) is -2.89. The molecule has 26 heavy (non-hydrogen) atoms. The van der Waals surface area contributed by atoms with Gasteiger partial charge in [-0.2, -0.15) is 13.2 Å². The van der Waals surface area contributed by atoms with Gasteiger partial charge in [-0.1, -0.05) is 11.6 Å². The predicted octanol–water partition coefficient (Wildman–Crippen LogP) is 5.69. The Hall–Kier alpha value is -2.41. The molecule has 0 N–H and O–H groups in total. The molecule has 0 aliphatic rings. The Bertz CT molecular complexity index is 821. The molecule has 0 bridgehead atoms. The average Bonchev–Trinajstić information content (AvgIpc) is 2.52. The van der Waals surface area contributed by atoms with Crippen LogP contribution in [0.15, 0.2) is 35.3 Å². The lowest BCUT2D eigenvalue weighted by molar-refractivity contribution is -0.137. The molecule has 2 aromatic rings. The number of hydrogen-bond acceptors (Lipinski definition) is 3. The molecule has 0 atom stereocenters. The lowest BCUT2D eigenvalue weighted by Gasteiger charge is -2.15. The topological polar surface area (TPSA) is 34.1 Å². The van der Waals surface area contributed by atoms with Crippen LogP contribution in [0.5, 0.6) is 17.2 Å². The SMILES string of the molecule is COc1cc(N=CN(C)C)c(C)cc1Oc1cc(Cl)cc(C(F)(F)F)c1. The van der Waals surface area contributed by atoms with Gasteiger partial charge >= 0.3 is 6.18 Å². The number of aliphatic imine (C=N–C) groups is 1. The number of alkyl halides is 3. The quantitative estimate of drug-likeness (QED) is 0.489. The lowest BCUT2D eigenvalue weighted by atomic mass is 10.1. The summed E-state index contributed by atoms with van der Waals surface area (Å²) in [7, 11) is 5.12. The molecule has 0 radical (unpaired) electrons. The fraction of sp³-hybridized carbons (Fsp3) is 0.278. The van der Waals surface area contributed by atoms with E-state index in [0.29, 0.717) is 11.4 Å². The number of ether oxygens (including phenoxy) is 2. The van der Waals surface area contributed by atoms with E-state index in [-0.39, 0.29) is 16.5 Å². The van der Waals surface area contributed by atoms with Crippen LogP contribution >= 0.6 is 11.6 Å². The minimum atomic E-state index is -4.52. The first-order valence-corrected chi connectivity index (χ1v) is 7.93. The minimum Gasteiger partial charge on any atom is -0.493 e. The molecule has 0 heterocycles. The van der Waals surface area contributed by atoms with E-state index in [2.05, 4.69) is 4.99 Å². The molecule has 0 fully saturated rings. The number of methoxy groups -OCH3 is 1. The third-order valence-corrected chi connectivity index (χ3v) is 3.55. The second-order valence-corrected chi connectivity index (χ2v) is 6.21. The van der Waals surface area contributed by atoms with Crippen molar-refractivity contribution in [2.24, 2.45) is 4.99 Å². The molecule has 2 aromatic carbocycles. The monoisotopic (exact) mass is 386 g/mol. The van der Waals surface area contributed by atoms with Crippen molar-refractivity contribution in [3.05, 3.63) is 46.5 Å². The molecule has 2 rings (SSSR count). The van der Waals surface area contributed by atoms with Crippen LogP contribution in [0.25, 0.3) is 0 Å². The van der Waals surface area contributed by atoms with Crippen LogP contribution in [0.2, 0.25) is 5.02 Å². The first kappa shape index (κ1) is 19.9. The summed E-state index contributed by atoms with van der Waals surface area (Å²) in [4.78, 5) is 6.10. The van der Waals surface area contributed by atoms with Gasteiger partial charge in [0.15, 0.2) is 11.5 Å². The van der Waals surface area contributed by atoms with Crippen molar-refractivity contribution in [2.45, 2.75) is 13.1 Å². The Kier molecular flexibility index (Phi) is 6.02. The van der Waals surface area contributed by atoms with Crippen LogP contribution in [0, 0.1) is 6.92 Å². The Balaban J connectivity index is 2.41. The number of rotatable bonds is 5. The van der Waals surface area contributed by atoms with Crippen LogP contribution < -0.4 is 9.47 Å². The van der Waals surface area contributed by atoms with E-state index in [1.165, 1.54) is 13.2 Å². The Morgan fingerprint density at radius 2 is 1.77 bits per heavy atom. The van der Waals surface area contributed by atoms with Crippen LogP contribution in [-0.4, -0.2) is 32.4 Å².